The van der Waals surface area contributed by atoms with Gasteiger partial charge in [0.2, 0.25) is 0 Å². The van der Waals surface area contributed by atoms with Gasteiger partial charge < -0.3 is 10.2 Å². The third kappa shape index (κ3) is 2.51. The number of hydrogen-bond acceptors (Lipinski definition) is 2. The summed E-state index contributed by atoms with van der Waals surface area (Å²) in [6.07, 6.45) is 4.77. The van der Waals surface area contributed by atoms with Gasteiger partial charge in [-0.15, -0.1) is 0 Å². The minimum Gasteiger partial charge on any atom is -0.481 e. The summed E-state index contributed by atoms with van der Waals surface area (Å²) in [6.45, 7) is 3.79. The summed E-state index contributed by atoms with van der Waals surface area (Å²) >= 11 is 0. The molecule has 0 spiro atoms. The highest BCUT2D eigenvalue weighted by atomic mass is 16.4. The molecule has 3 unspecified atom stereocenters. The highest BCUT2D eigenvalue weighted by Crippen LogP contribution is 2.42. The third-order valence-corrected chi connectivity index (χ3v) is 3.81. The summed E-state index contributed by atoms with van der Waals surface area (Å²) in [6, 6.07) is 0. The Morgan fingerprint density at radius 2 is 2.00 bits per heavy atom. The molecule has 3 nitrogen and oxygen atoms in total. The molecule has 0 aromatic heterocycles. The second-order valence-electron chi connectivity index (χ2n) is 4.93. The summed E-state index contributed by atoms with van der Waals surface area (Å²) in [5.74, 6) is -0.820. The van der Waals surface area contributed by atoms with Crippen LogP contribution in [0.2, 0.25) is 0 Å². The SMILES string of the molecule is CCCC(C)(C(=O)O)C1CCCCC1O. The summed E-state index contributed by atoms with van der Waals surface area (Å²) in [5, 5.41) is 19.2. The maximum absolute atomic E-state index is 11.3. The van der Waals surface area contributed by atoms with Crippen LogP contribution in [0.5, 0.6) is 0 Å². The maximum Gasteiger partial charge on any atom is 0.309 e. The van der Waals surface area contributed by atoms with Gasteiger partial charge in [0.25, 0.3) is 0 Å². The van der Waals surface area contributed by atoms with Crippen molar-refractivity contribution >= 4 is 5.97 Å². The van der Waals surface area contributed by atoms with Crippen LogP contribution in [-0.2, 0) is 4.79 Å². The lowest BCUT2D eigenvalue weighted by atomic mass is 9.66. The van der Waals surface area contributed by atoms with Crippen molar-refractivity contribution in [3.05, 3.63) is 0 Å². The van der Waals surface area contributed by atoms with E-state index < -0.39 is 17.5 Å². The summed E-state index contributed by atoms with van der Waals surface area (Å²) in [7, 11) is 0. The van der Waals surface area contributed by atoms with Gasteiger partial charge in [-0.2, -0.15) is 0 Å². The average molecular weight is 214 g/mol. The molecule has 1 aliphatic rings. The fourth-order valence-corrected chi connectivity index (χ4v) is 2.82. The maximum atomic E-state index is 11.3. The summed E-state index contributed by atoms with van der Waals surface area (Å²) in [4.78, 5) is 11.3. The first-order chi connectivity index (χ1) is 7.02. The molecule has 1 rings (SSSR count). The van der Waals surface area contributed by atoms with Crippen molar-refractivity contribution in [1.82, 2.24) is 0 Å². The van der Waals surface area contributed by atoms with Gasteiger partial charge in [0.05, 0.1) is 11.5 Å². The normalized spacial score (nSPS) is 30.9. The Kier molecular flexibility index (Phi) is 4.14. The summed E-state index contributed by atoms with van der Waals surface area (Å²) in [5.41, 5.74) is -0.741. The van der Waals surface area contributed by atoms with Gasteiger partial charge in [0.15, 0.2) is 0 Å². The standard InChI is InChI=1S/C12H22O3/c1-3-8-12(2,11(14)15)9-6-4-5-7-10(9)13/h9-10,13H,3-8H2,1-2H3,(H,14,15). The molecule has 3 heteroatoms. The molecule has 0 bridgehead atoms. The summed E-state index contributed by atoms with van der Waals surface area (Å²) < 4.78 is 0. The van der Waals surface area contributed by atoms with Crippen LogP contribution in [-0.4, -0.2) is 22.3 Å². The Balaban J connectivity index is 2.82. The Hall–Kier alpha value is -0.570. The number of carboxylic acid groups (broad SMARTS) is 1. The van der Waals surface area contributed by atoms with Crippen molar-refractivity contribution in [2.75, 3.05) is 0 Å². The van der Waals surface area contributed by atoms with E-state index >= 15 is 0 Å². The minimum atomic E-state index is -0.754. The number of aliphatic hydroxyl groups is 1. The Labute approximate surface area is 91.5 Å². The quantitative estimate of drug-likeness (QED) is 0.755. The van der Waals surface area contributed by atoms with Crippen molar-refractivity contribution in [3.63, 3.8) is 0 Å². The van der Waals surface area contributed by atoms with E-state index in [2.05, 4.69) is 0 Å². The number of aliphatic carboxylic acids is 1. The van der Waals surface area contributed by atoms with Crippen LogP contribution < -0.4 is 0 Å². The third-order valence-electron chi connectivity index (χ3n) is 3.81. The molecule has 2 N–H and O–H groups in total. The molecule has 0 saturated heterocycles. The largest absolute Gasteiger partial charge is 0.481 e. The predicted octanol–water partition coefficient (Wildman–Crippen LogP) is 2.43. The van der Waals surface area contributed by atoms with Gasteiger partial charge in [-0.25, -0.2) is 0 Å². The van der Waals surface area contributed by atoms with Crippen molar-refractivity contribution in [3.8, 4) is 0 Å². The second-order valence-corrected chi connectivity index (χ2v) is 4.93. The molecule has 0 aromatic carbocycles. The molecule has 3 atom stereocenters. The van der Waals surface area contributed by atoms with Gasteiger partial charge in [-0.05, 0) is 26.2 Å². The molecule has 1 fully saturated rings. The lowest BCUT2D eigenvalue weighted by molar-refractivity contribution is -0.157. The second kappa shape index (κ2) is 4.97. The van der Waals surface area contributed by atoms with E-state index in [4.69, 9.17) is 0 Å². The lowest BCUT2D eigenvalue weighted by Crippen LogP contribution is -2.43. The van der Waals surface area contributed by atoms with E-state index in [9.17, 15) is 15.0 Å². The minimum absolute atomic E-state index is 0.0660. The zero-order chi connectivity index (χ0) is 11.5. The Morgan fingerprint density at radius 3 is 2.47 bits per heavy atom. The molecular weight excluding hydrogens is 192 g/mol. The topological polar surface area (TPSA) is 57.5 Å². The number of carboxylic acids is 1. The van der Waals surface area contributed by atoms with E-state index in [0.29, 0.717) is 6.42 Å². The monoisotopic (exact) mass is 214 g/mol. The van der Waals surface area contributed by atoms with E-state index in [1.54, 1.807) is 6.92 Å². The average Bonchev–Trinajstić information content (AvgIpc) is 2.18. The first-order valence-corrected chi connectivity index (χ1v) is 5.94. The highest BCUT2D eigenvalue weighted by Gasteiger charge is 2.44. The number of aliphatic hydroxyl groups excluding tert-OH is 1. The van der Waals surface area contributed by atoms with Crippen LogP contribution in [0.4, 0.5) is 0 Å². The van der Waals surface area contributed by atoms with E-state index in [1.165, 1.54) is 0 Å². The van der Waals surface area contributed by atoms with Crippen LogP contribution in [0.15, 0.2) is 0 Å². The van der Waals surface area contributed by atoms with Crippen LogP contribution in [0, 0.1) is 11.3 Å². The van der Waals surface area contributed by atoms with Crippen LogP contribution in [0.1, 0.15) is 52.4 Å². The molecular formula is C12H22O3. The molecule has 1 saturated carbocycles. The number of hydrogen-bond donors (Lipinski definition) is 2. The van der Waals surface area contributed by atoms with Crippen molar-refractivity contribution in [2.45, 2.75) is 58.5 Å². The fraction of sp³-hybridized carbons (Fsp3) is 0.917. The van der Waals surface area contributed by atoms with Crippen LogP contribution >= 0.6 is 0 Å². The fourth-order valence-electron chi connectivity index (χ4n) is 2.82. The Morgan fingerprint density at radius 1 is 1.40 bits per heavy atom. The zero-order valence-electron chi connectivity index (χ0n) is 9.70. The molecule has 0 aliphatic heterocycles. The molecule has 15 heavy (non-hydrogen) atoms. The van der Waals surface area contributed by atoms with Gasteiger partial charge in [0.1, 0.15) is 0 Å². The smallest absolute Gasteiger partial charge is 0.309 e. The van der Waals surface area contributed by atoms with Gasteiger partial charge in [-0.1, -0.05) is 26.2 Å². The molecule has 0 radical (unpaired) electrons. The number of rotatable bonds is 4. The van der Waals surface area contributed by atoms with Crippen molar-refractivity contribution < 1.29 is 15.0 Å². The van der Waals surface area contributed by atoms with Crippen LogP contribution in [0.25, 0.3) is 0 Å². The van der Waals surface area contributed by atoms with Gasteiger partial charge >= 0.3 is 5.97 Å². The molecule has 0 amide bonds. The highest BCUT2D eigenvalue weighted by molar-refractivity contribution is 5.74. The molecule has 88 valence electrons. The lowest BCUT2D eigenvalue weighted by Gasteiger charge is -2.39. The van der Waals surface area contributed by atoms with Gasteiger partial charge in [-0.3, -0.25) is 4.79 Å². The van der Waals surface area contributed by atoms with E-state index in [0.717, 1.165) is 32.1 Å². The molecule has 0 aromatic rings. The first-order valence-electron chi connectivity index (χ1n) is 5.94. The van der Waals surface area contributed by atoms with Gasteiger partial charge in [0, 0.05) is 5.92 Å². The molecule has 1 aliphatic carbocycles. The van der Waals surface area contributed by atoms with Crippen molar-refractivity contribution in [1.29, 1.82) is 0 Å². The van der Waals surface area contributed by atoms with E-state index in [-0.39, 0.29) is 5.92 Å². The number of carbonyl (C=O) groups is 1. The molecule has 0 heterocycles. The van der Waals surface area contributed by atoms with Crippen molar-refractivity contribution in [2.24, 2.45) is 11.3 Å². The van der Waals surface area contributed by atoms with E-state index in [1.807, 2.05) is 6.92 Å². The predicted molar refractivity (Wildman–Crippen MR) is 58.6 cm³/mol. The Bertz CT molecular complexity index is 227. The first kappa shape index (κ1) is 12.5. The zero-order valence-corrected chi connectivity index (χ0v) is 9.70. The van der Waals surface area contributed by atoms with Crippen LogP contribution in [0.3, 0.4) is 0 Å².